The van der Waals surface area contributed by atoms with Crippen LogP contribution < -0.4 is 0 Å². The summed E-state index contributed by atoms with van der Waals surface area (Å²) < 4.78 is 24.7. The van der Waals surface area contributed by atoms with Gasteiger partial charge in [0.15, 0.2) is 0 Å². The molecule has 2 aliphatic heterocycles. The zero-order valence-electron chi connectivity index (χ0n) is 12.0. The van der Waals surface area contributed by atoms with Crippen molar-refractivity contribution >= 4 is 10.0 Å². The summed E-state index contributed by atoms with van der Waals surface area (Å²) in [4.78, 5) is 2.47. The standard InChI is InChI=1S/C15H22N2O2S/c1-20(18,19)17-9-6-13(11-17)10-16-8-7-14-4-2-3-5-15(14)12-16/h2-5,13H,6-12H2,1H3. The van der Waals surface area contributed by atoms with Crippen LogP contribution in [0.2, 0.25) is 0 Å². The molecular weight excluding hydrogens is 272 g/mol. The second-order valence-corrected chi connectivity index (χ2v) is 8.01. The van der Waals surface area contributed by atoms with Crippen LogP contribution in [0.15, 0.2) is 24.3 Å². The molecule has 0 amide bonds. The van der Waals surface area contributed by atoms with E-state index in [1.165, 1.54) is 17.4 Å². The normalized spacial score (nSPS) is 24.8. The van der Waals surface area contributed by atoms with Crippen LogP contribution in [0, 0.1) is 5.92 Å². The summed E-state index contributed by atoms with van der Waals surface area (Å²) in [5, 5.41) is 0. The molecule has 0 spiro atoms. The van der Waals surface area contributed by atoms with Gasteiger partial charge >= 0.3 is 0 Å². The highest BCUT2D eigenvalue weighted by atomic mass is 32.2. The van der Waals surface area contributed by atoms with Gasteiger partial charge in [-0.3, -0.25) is 4.90 Å². The SMILES string of the molecule is CS(=O)(=O)N1CCC(CN2CCc3ccccc3C2)C1. The third kappa shape index (κ3) is 3.05. The van der Waals surface area contributed by atoms with Crippen LogP contribution in [-0.2, 0) is 23.0 Å². The first kappa shape index (κ1) is 14.0. The van der Waals surface area contributed by atoms with Gasteiger partial charge in [-0.1, -0.05) is 24.3 Å². The molecule has 110 valence electrons. The van der Waals surface area contributed by atoms with E-state index in [1.54, 1.807) is 4.31 Å². The van der Waals surface area contributed by atoms with Crippen LogP contribution in [0.4, 0.5) is 0 Å². The number of sulfonamides is 1. The first-order valence-corrected chi connectivity index (χ1v) is 9.11. The molecule has 3 rings (SSSR count). The van der Waals surface area contributed by atoms with E-state index in [9.17, 15) is 8.42 Å². The molecule has 5 heteroatoms. The molecule has 1 unspecified atom stereocenters. The van der Waals surface area contributed by atoms with Crippen molar-refractivity contribution in [1.82, 2.24) is 9.21 Å². The summed E-state index contributed by atoms with van der Waals surface area (Å²) in [5.41, 5.74) is 2.89. The Morgan fingerprint density at radius 1 is 1.20 bits per heavy atom. The van der Waals surface area contributed by atoms with E-state index in [4.69, 9.17) is 0 Å². The minimum absolute atomic E-state index is 0.481. The maximum Gasteiger partial charge on any atom is 0.211 e. The second-order valence-electron chi connectivity index (χ2n) is 6.03. The van der Waals surface area contributed by atoms with Gasteiger partial charge in [-0.25, -0.2) is 12.7 Å². The quantitative estimate of drug-likeness (QED) is 0.844. The van der Waals surface area contributed by atoms with Crippen molar-refractivity contribution in [1.29, 1.82) is 0 Å². The molecule has 1 aromatic carbocycles. The molecule has 0 aromatic heterocycles. The lowest BCUT2D eigenvalue weighted by Crippen LogP contribution is -2.36. The van der Waals surface area contributed by atoms with E-state index in [2.05, 4.69) is 29.2 Å². The van der Waals surface area contributed by atoms with E-state index >= 15 is 0 Å². The van der Waals surface area contributed by atoms with Gasteiger partial charge in [0.25, 0.3) is 0 Å². The monoisotopic (exact) mass is 294 g/mol. The number of benzene rings is 1. The summed E-state index contributed by atoms with van der Waals surface area (Å²) in [6.45, 7) is 4.49. The molecule has 0 N–H and O–H groups in total. The average Bonchev–Trinajstić information content (AvgIpc) is 2.87. The van der Waals surface area contributed by atoms with E-state index in [0.717, 1.165) is 32.5 Å². The predicted molar refractivity (Wildman–Crippen MR) is 79.9 cm³/mol. The Balaban J connectivity index is 1.58. The number of rotatable bonds is 3. The number of fused-ring (bicyclic) bond motifs is 1. The lowest BCUT2D eigenvalue weighted by Gasteiger charge is -2.30. The molecule has 20 heavy (non-hydrogen) atoms. The predicted octanol–water partition coefficient (Wildman–Crippen LogP) is 1.33. The van der Waals surface area contributed by atoms with Crippen molar-refractivity contribution in [3.8, 4) is 0 Å². The van der Waals surface area contributed by atoms with Crippen molar-refractivity contribution < 1.29 is 8.42 Å². The summed E-state index contributed by atoms with van der Waals surface area (Å²) in [5.74, 6) is 0.481. The second kappa shape index (κ2) is 5.47. The smallest absolute Gasteiger partial charge is 0.211 e. The van der Waals surface area contributed by atoms with E-state index in [1.807, 2.05) is 0 Å². The lowest BCUT2D eigenvalue weighted by molar-refractivity contribution is 0.217. The van der Waals surface area contributed by atoms with Gasteiger partial charge in [0.1, 0.15) is 0 Å². The molecule has 2 heterocycles. The topological polar surface area (TPSA) is 40.6 Å². The van der Waals surface area contributed by atoms with Crippen LogP contribution in [0.25, 0.3) is 0 Å². The Morgan fingerprint density at radius 2 is 1.95 bits per heavy atom. The Kier molecular flexibility index (Phi) is 3.84. The highest BCUT2D eigenvalue weighted by Crippen LogP contribution is 2.23. The minimum Gasteiger partial charge on any atom is -0.298 e. The van der Waals surface area contributed by atoms with Gasteiger partial charge in [0, 0.05) is 32.7 Å². The van der Waals surface area contributed by atoms with Gasteiger partial charge in [0.2, 0.25) is 10.0 Å². The fraction of sp³-hybridized carbons (Fsp3) is 0.600. The highest BCUT2D eigenvalue weighted by Gasteiger charge is 2.30. The van der Waals surface area contributed by atoms with Crippen molar-refractivity contribution in [3.05, 3.63) is 35.4 Å². The molecule has 0 saturated carbocycles. The van der Waals surface area contributed by atoms with E-state index < -0.39 is 10.0 Å². The maximum atomic E-state index is 11.5. The molecule has 4 nitrogen and oxygen atoms in total. The zero-order chi connectivity index (χ0) is 14.2. The van der Waals surface area contributed by atoms with Crippen molar-refractivity contribution in [2.45, 2.75) is 19.4 Å². The third-order valence-electron chi connectivity index (χ3n) is 4.44. The molecule has 0 bridgehead atoms. The van der Waals surface area contributed by atoms with Crippen molar-refractivity contribution in [2.75, 3.05) is 32.4 Å². The summed E-state index contributed by atoms with van der Waals surface area (Å²) >= 11 is 0. The Morgan fingerprint density at radius 3 is 2.65 bits per heavy atom. The lowest BCUT2D eigenvalue weighted by atomic mass is 9.98. The molecule has 1 saturated heterocycles. The van der Waals surface area contributed by atoms with Crippen molar-refractivity contribution in [2.24, 2.45) is 5.92 Å². The van der Waals surface area contributed by atoms with Crippen LogP contribution in [0.3, 0.4) is 0 Å². The molecular formula is C15H22N2O2S. The average molecular weight is 294 g/mol. The van der Waals surface area contributed by atoms with Gasteiger partial charge in [-0.15, -0.1) is 0 Å². The molecule has 2 aliphatic rings. The van der Waals surface area contributed by atoms with Crippen LogP contribution >= 0.6 is 0 Å². The maximum absolute atomic E-state index is 11.5. The fourth-order valence-electron chi connectivity index (χ4n) is 3.32. The first-order chi connectivity index (χ1) is 9.52. The van der Waals surface area contributed by atoms with Gasteiger partial charge in [-0.05, 0) is 29.9 Å². The van der Waals surface area contributed by atoms with Gasteiger partial charge in [0.05, 0.1) is 6.26 Å². The molecule has 1 fully saturated rings. The summed E-state index contributed by atoms with van der Waals surface area (Å²) in [6.07, 6.45) is 3.41. The van der Waals surface area contributed by atoms with Gasteiger partial charge in [-0.2, -0.15) is 0 Å². The van der Waals surface area contributed by atoms with E-state index in [-0.39, 0.29) is 0 Å². The Hall–Kier alpha value is -0.910. The zero-order valence-corrected chi connectivity index (χ0v) is 12.8. The molecule has 0 radical (unpaired) electrons. The van der Waals surface area contributed by atoms with Crippen molar-refractivity contribution in [3.63, 3.8) is 0 Å². The third-order valence-corrected chi connectivity index (χ3v) is 5.71. The summed E-state index contributed by atoms with van der Waals surface area (Å²) in [6, 6.07) is 8.63. The van der Waals surface area contributed by atoms with Crippen LogP contribution in [0.1, 0.15) is 17.5 Å². The number of nitrogens with zero attached hydrogens (tertiary/aromatic N) is 2. The minimum atomic E-state index is -3.01. The van der Waals surface area contributed by atoms with Crippen LogP contribution in [0.5, 0.6) is 0 Å². The largest absolute Gasteiger partial charge is 0.298 e. The highest BCUT2D eigenvalue weighted by molar-refractivity contribution is 7.88. The fourth-order valence-corrected chi connectivity index (χ4v) is 4.24. The molecule has 1 aromatic rings. The van der Waals surface area contributed by atoms with Crippen LogP contribution in [-0.4, -0.2) is 50.1 Å². The summed E-state index contributed by atoms with van der Waals surface area (Å²) in [7, 11) is -3.01. The Bertz CT molecular complexity index is 585. The van der Waals surface area contributed by atoms with E-state index in [0.29, 0.717) is 19.0 Å². The number of hydrogen-bond acceptors (Lipinski definition) is 3. The number of hydrogen-bond donors (Lipinski definition) is 0. The molecule has 1 atom stereocenters. The van der Waals surface area contributed by atoms with Gasteiger partial charge < -0.3 is 0 Å². The Labute approximate surface area is 121 Å². The molecule has 0 aliphatic carbocycles. The first-order valence-electron chi connectivity index (χ1n) is 7.26.